The molecular weight excluding hydrogens is 220 g/mol. The first-order chi connectivity index (χ1) is 7.57. The third-order valence-corrected chi connectivity index (χ3v) is 6.38. The highest BCUT2D eigenvalue weighted by atomic mass is 32.2. The molecule has 1 atom stereocenters. The molecule has 4 aliphatic rings. The summed E-state index contributed by atoms with van der Waals surface area (Å²) in [6.45, 7) is 3.97. The molecule has 0 amide bonds. The summed E-state index contributed by atoms with van der Waals surface area (Å²) in [6.07, 6.45) is 7.79. The van der Waals surface area contributed by atoms with Crippen molar-refractivity contribution in [2.24, 2.45) is 17.8 Å². The van der Waals surface area contributed by atoms with E-state index in [-0.39, 0.29) is 10.9 Å². The van der Waals surface area contributed by atoms with E-state index >= 15 is 0 Å². The van der Waals surface area contributed by atoms with Crippen LogP contribution in [0.3, 0.4) is 0 Å². The van der Waals surface area contributed by atoms with Crippen LogP contribution >= 0.6 is 0 Å². The molecule has 4 aliphatic carbocycles. The van der Waals surface area contributed by atoms with Crippen molar-refractivity contribution in [3.63, 3.8) is 0 Å². The average molecular weight is 242 g/mol. The van der Waals surface area contributed by atoms with Crippen LogP contribution in [0.25, 0.3) is 0 Å². The van der Waals surface area contributed by atoms with Crippen molar-refractivity contribution in [3.05, 3.63) is 0 Å². The lowest BCUT2D eigenvalue weighted by Gasteiger charge is -2.55. The first-order valence-corrected chi connectivity index (χ1v) is 7.74. The minimum atomic E-state index is -1.05. The van der Waals surface area contributed by atoms with E-state index in [0.717, 1.165) is 17.8 Å². The van der Waals surface area contributed by atoms with Crippen molar-refractivity contribution in [1.29, 1.82) is 0 Å². The van der Waals surface area contributed by atoms with Gasteiger partial charge in [0, 0.05) is 0 Å². The van der Waals surface area contributed by atoms with E-state index in [4.69, 9.17) is 4.18 Å². The van der Waals surface area contributed by atoms with E-state index in [1.165, 1.54) is 38.5 Å². The molecular formula is C13H22O2S. The van der Waals surface area contributed by atoms with E-state index < -0.39 is 11.1 Å². The lowest BCUT2D eigenvalue weighted by atomic mass is 9.56. The van der Waals surface area contributed by atoms with Crippen LogP contribution < -0.4 is 0 Å². The van der Waals surface area contributed by atoms with Gasteiger partial charge < -0.3 is 0 Å². The Bertz CT molecular complexity index is 276. The summed E-state index contributed by atoms with van der Waals surface area (Å²) in [5.74, 6) is 2.56. The zero-order valence-corrected chi connectivity index (χ0v) is 11.1. The molecule has 3 heteroatoms. The van der Waals surface area contributed by atoms with Crippen LogP contribution in [-0.4, -0.2) is 15.1 Å². The van der Waals surface area contributed by atoms with Gasteiger partial charge in [0.25, 0.3) is 0 Å². The summed E-state index contributed by atoms with van der Waals surface area (Å²) >= 11 is -1.05. The summed E-state index contributed by atoms with van der Waals surface area (Å²) in [7, 11) is 0. The fraction of sp³-hybridized carbons (Fsp3) is 1.00. The minimum Gasteiger partial charge on any atom is -0.287 e. The zero-order valence-electron chi connectivity index (χ0n) is 10.3. The summed E-state index contributed by atoms with van der Waals surface area (Å²) in [5, 5.41) is 0. The molecule has 16 heavy (non-hydrogen) atoms. The second kappa shape index (κ2) is 3.81. The van der Waals surface area contributed by atoms with Gasteiger partial charge in [-0.3, -0.25) is 4.18 Å². The Morgan fingerprint density at radius 3 is 1.88 bits per heavy atom. The Morgan fingerprint density at radius 1 is 1.06 bits per heavy atom. The molecule has 92 valence electrons. The van der Waals surface area contributed by atoms with Crippen molar-refractivity contribution in [2.45, 2.75) is 63.2 Å². The smallest absolute Gasteiger partial charge is 0.162 e. The molecule has 2 nitrogen and oxygen atoms in total. The van der Waals surface area contributed by atoms with E-state index in [2.05, 4.69) is 0 Å². The van der Waals surface area contributed by atoms with Crippen LogP contribution in [0.2, 0.25) is 0 Å². The molecule has 0 spiro atoms. The molecule has 0 heterocycles. The fourth-order valence-electron chi connectivity index (χ4n) is 4.51. The van der Waals surface area contributed by atoms with Crippen molar-refractivity contribution >= 4 is 11.1 Å². The molecule has 0 N–H and O–H groups in total. The zero-order chi connectivity index (χ0) is 11.3. The van der Waals surface area contributed by atoms with Gasteiger partial charge in [-0.2, -0.15) is 0 Å². The van der Waals surface area contributed by atoms with Crippen LogP contribution in [-0.2, 0) is 15.3 Å². The number of rotatable bonds is 3. The Hall–Kier alpha value is 0.110. The topological polar surface area (TPSA) is 26.3 Å². The monoisotopic (exact) mass is 242 g/mol. The number of hydrogen-bond acceptors (Lipinski definition) is 2. The van der Waals surface area contributed by atoms with Crippen LogP contribution in [0.15, 0.2) is 0 Å². The van der Waals surface area contributed by atoms with Gasteiger partial charge in [0.05, 0.1) is 10.9 Å². The highest BCUT2D eigenvalue weighted by Gasteiger charge is 2.54. The van der Waals surface area contributed by atoms with Gasteiger partial charge in [-0.1, -0.05) is 0 Å². The maximum atomic E-state index is 12.4. The predicted molar refractivity (Wildman–Crippen MR) is 65.3 cm³/mol. The van der Waals surface area contributed by atoms with Crippen LogP contribution in [0.5, 0.6) is 0 Å². The maximum Gasteiger partial charge on any atom is 0.162 e. The average Bonchev–Trinajstić information content (AvgIpc) is 2.13. The van der Waals surface area contributed by atoms with E-state index in [9.17, 15) is 4.21 Å². The Labute approximate surface area is 101 Å². The minimum absolute atomic E-state index is 0.0407. The third-order valence-electron chi connectivity index (χ3n) is 4.62. The number of hydrogen-bond donors (Lipinski definition) is 0. The normalized spacial score (nSPS) is 47.6. The molecule has 1 unspecified atom stereocenters. The van der Waals surface area contributed by atoms with Crippen molar-refractivity contribution in [1.82, 2.24) is 0 Å². The highest BCUT2D eigenvalue weighted by Crippen LogP contribution is 2.58. The van der Waals surface area contributed by atoms with Crippen LogP contribution in [0.4, 0.5) is 0 Å². The van der Waals surface area contributed by atoms with E-state index in [1.54, 1.807) is 0 Å². The van der Waals surface area contributed by atoms with Gasteiger partial charge in [-0.15, -0.1) is 0 Å². The van der Waals surface area contributed by atoms with E-state index in [0.29, 0.717) is 0 Å². The summed E-state index contributed by atoms with van der Waals surface area (Å²) in [5.41, 5.74) is 0. The quantitative estimate of drug-likeness (QED) is 0.760. The fourth-order valence-corrected chi connectivity index (χ4v) is 6.18. The van der Waals surface area contributed by atoms with Gasteiger partial charge >= 0.3 is 0 Å². The molecule has 4 rings (SSSR count). The molecule has 4 saturated carbocycles. The molecule has 4 fully saturated rings. The maximum absolute atomic E-state index is 12.4. The van der Waals surface area contributed by atoms with Crippen LogP contribution in [0.1, 0.15) is 52.4 Å². The highest BCUT2D eigenvalue weighted by molar-refractivity contribution is 7.81. The van der Waals surface area contributed by atoms with Crippen LogP contribution in [0, 0.1) is 17.8 Å². The lowest BCUT2D eigenvalue weighted by Crippen LogP contribution is -2.53. The Kier molecular flexibility index (Phi) is 2.67. The van der Waals surface area contributed by atoms with Gasteiger partial charge in [-0.05, 0) is 70.1 Å². The summed E-state index contributed by atoms with van der Waals surface area (Å²) in [4.78, 5) is 0. The molecule has 0 aromatic rings. The molecule has 0 aliphatic heterocycles. The third kappa shape index (κ3) is 1.76. The summed E-state index contributed by atoms with van der Waals surface area (Å²) in [6, 6.07) is 0. The van der Waals surface area contributed by atoms with E-state index in [1.807, 2.05) is 13.8 Å². The first-order valence-electron chi connectivity index (χ1n) is 6.66. The van der Waals surface area contributed by atoms with Gasteiger partial charge in [-0.25, -0.2) is 4.21 Å². The van der Waals surface area contributed by atoms with Gasteiger partial charge in [0.2, 0.25) is 0 Å². The second-order valence-electron chi connectivity index (χ2n) is 6.48. The Morgan fingerprint density at radius 2 is 1.50 bits per heavy atom. The summed E-state index contributed by atoms with van der Waals surface area (Å²) < 4.78 is 18.0. The Balaban J connectivity index is 1.80. The largest absolute Gasteiger partial charge is 0.287 e. The molecule has 0 aromatic carbocycles. The molecule has 0 aromatic heterocycles. The first kappa shape index (κ1) is 11.2. The second-order valence-corrected chi connectivity index (χ2v) is 8.01. The molecule has 0 saturated heterocycles. The standard InChI is InChI=1S/C13H22O2S/c1-9(2)15-16(14)13-6-10-3-11(7-13)5-12(4-10)8-13/h9-12H,3-8H2,1-2H3. The van der Waals surface area contributed by atoms with Gasteiger partial charge in [0.1, 0.15) is 0 Å². The van der Waals surface area contributed by atoms with Crippen molar-refractivity contribution in [3.8, 4) is 0 Å². The predicted octanol–water partition coefficient (Wildman–Crippen LogP) is 3.04. The SMILES string of the molecule is CC(C)OS(=O)C12CC3CC(CC(C3)C1)C2. The molecule has 0 radical (unpaired) electrons. The van der Waals surface area contributed by atoms with Crippen molar-refractivity contribution in [2.75, 3.05) is 0 Å². The van der Waals surface area contributed by atoms with Crippen molar-refractivity contribution < 1.29 is 8.39 Å². The molecule has 4 bridgehead atoms. The van der Waals surface area contributed by atoms with Gasteiger partial charge in [0.15, 0.2) is 11.1 Å². The lowest BCUT2D eigenvalue weighted by molar-refractivity contribution is 0.0305.